The van der Waals surface area contributed by atoms with E-state index in [0.717, 1.165) is 27.9 Å². The van der Waals surface area contributed by atoms with Crippen molar-refractivity contribution in [2.75, 3.05) is 4.90 Å². The summed E-state index contributed by atoms with van der Waals surface area (Å²) in [5.74, 6) is 1.83. The summed E-state index contributed by atoms with van der Waals surface area (Å²) in [6, 6.07) is 43.5. The fourth-order valence-corrected chi connectivity index (χ4v) is 10.2. The van der Waals surface area contributed by atoms with Gasteiger partial charge in [-0.25, -0.2) is 17.9 Å². The summed E-state index contributed by atoms with van der Waals surface area (Å²) in [5, 5.41) is 0. The minimum Gasteiger partial charge on any atom is -0.744 e. The minimum absolute atomic E-state index is 0.243. The van der Waals surface area contributed by atoms with Crippen molar-refractivity contribution in [1.29, 1.82) is 0 Å². The Bertz CT molecular complexity index is 2580. The van der Waals surface area contributed by atoms with Crippen molar-refractivity contribution in [3.05, 3.63) is 172 Å². The Morgan fingerprint density at radius 3 is 1.29 bits per heavy atom. The molecule has 328 valence electrons. The Morgan fingerprint density at radius 1 is 0.492 bits per heavy atom. The van der Waals surface area contributed by atoms with Crippen molar-refractivity contribution in [2.45, 2.75) is 136 Å². The van der Waals surface area contributed by atoms with Crippen LogP contribution in [0.25, 0.3) is 22.3 Å². The van der Waals surface area contributed by atoms with E-state index in [1.807, 2.05) is 41.2 Å². The van der Waals surface area contributed by atoms with Crippen molar-refractivity contribution in [3.63, 3.8) is 0 Å². The standard InChI is InChI=1S/C57H66N2O3S/c1-35(2)43-30-48(37(5)6)54(49(31-43)38(7)8)45-27-46(55-50(39(9)10)32-44(36(3)4)33-51(55)40(11)12)29-47(28-45)58-34-59(52-25-19-20-26-53(52)63(60,61)62)57(42-23-17-14-18-24-42)56(58)41-21-15-13-16-22-41/h13-40,56-57H,1-12H3/t56-,57-/m0/s1. The Labute approximate surface area is 378 Å². The van der Waals surface area contributed by atoms with Gasteiger partial charge < -0.3 is 4.55 Å². The van der Waals surface area contributed by atoms with Crippen molar-refractivity contribution >= 4 is 27.8 Å². The van der Waals surface area contributed by atoms with Crippen molar-refractivity contribution in [3.8, 4) is 22.3 Å². The highest BCUT2D eigenvalue weighted by molar-refractivity contribution is 7.85. The first-order valence-corrected chi connectivity index (χ1v) is 24.4. The van der Waals surface area contributed by atoms with Gasteiger partial charge in [-0.1, -0.05) is 180 Å². The highest BCUT2D eigenvalue weighted by Gasteiger charge is 2.47. The van der Waals surface area contributed by atoms with Crippen LogP contribution < -0.4 is 4.90 Å². The molecule has 0 spiro atoms. The van der Waals surface area contributed by atoms with Crippen LogP contribution in [0.4, 0.5) is 11.4 Å². The predicted octanol–water partition coefficient (Wildman–Crippen LogP) is 15.3. The Hall–Kier alpha value is -5.30. The molecule has 1 aliphatic rings. The zero-order valence-corrected chi connectivity index (χ0v) is 40.2. The normalized spacial score (nSPS) is 15.8. The summed E-state index contributed by atoms with van der Waals surface area (Å²) in [6.07, 6.45) is 2.05. The first-order chi connectivity index (χ1) is 29.9. The molecule has 63 heavy (non-hydrogen) atoms. The number of nitrogens with zero attached hydrogens (tertiary/aromatic N) is 2. The second-order valence-electron chi connectivity index (χ2n) is 19.4. The van der Waals surface area contributed by atoms with Crippen LogP contribution in [0.15, 0.2) is 132 Å². The van der Waals surface area contributed by atoms with Crippen molar-refractivity contribution < 1.29 is 17.5 Å². The van der Waals surface area contributed by atoms with Crippen LogP contribution in [0.1, 0.15) is 175 Å². The predicted molar refractivity (Wildman–Crippen MR) is 263 cm³/mol. The van der Waals surface area contributed by atoms with Gasteiger partial charge in [-0.05, 0) is 121 Å². The maximum absolute atomic E-state index is 13.0. The molecule has 6 heteroatoms. The molecular formula is C57H66N2O3S. The first-order valence-electron chi connectivity index (χ1n) is 22.9. The number of hydrogen-bond acceptors (Lipinski definition) is 4. The summed E-state index contributed by atoms with van der Waals surface area (Å²) in [5.41, 5.74) is 16.3. The van der Waals surface area contributed by atoms with Gasteiger partial charge in [-0.3, -0.25) is 0 Å². The molecule has 0 fully saturated rings. The van der Waals surface area contributed by atoms with Crippen LogP contribution in [0, 0.1) is 0 Å². The highest BCUT2D eigenvalue weighted by atomic mass is 32.2. The van der Waals surface area contributed by atoms with Gasteiger partial charge in [0.15, 0.2) is 12.1 Å². The average molecular weight is 859 g/mol. The molecule has 6 aromatic carbocycles. The lowest BCUT2D eigenvalue weighted by Gasteiger charge is -2.28. The lowest BCUT2D eigenvalue weighted by Crippen LogP contribution is -2.26. The molecular weight excluding hydrogens is 793 g/mol. The van der Waals surface area contributed by atoms with Gasteiger partial charge in [0.1, 0.15) is 26.4 Å². The summed E-state index contributed by atoms with van der Waals surface area (Å²) in [7, 11) is -4.83. The summed E-state index contributed by atoms with van der Waals surface area (Å²) in [4.78, 5) is 2.08. The molecule has 0 aliphatic carbocycles. The quantitative estimate of drug-likeness (QED) is 0.0857. The van der Waals surface area contributed by atoms with Crippen molar-refractivity contribution in [2.24, 2.45) is 0 Å². The maximum Gasteiger partial charge on any atom is 0.245 e. The second kappa shape index (κ2) is 18.4. The largest absolute Gasteiger partial charge is 0.744 e. The lowest BCUT2D eigenvalue weighted by atomic mass is 9.79. The van der Waals surface area contributed by atoms with Gasteiger partial charge in [-0.15, -0.1) is 0 Å². The summed E-state index contributed by atoms with van der Waals surface area (Å²) < 4.78 is 41.1. The van der Waals surface area contributed by atoms with Crippen LogP contribution in [0.5, 0.6) is 0 Å². The van der Waals surface area contributed by atoms with Gasteiger partial charge >= 0.3 is 0 Å². The van der Waals surface area contributed by atoms with Gasteiger partial charge in [0.05, 0.1) is 0 Å². The van der Waals surface area contributed by atoms with E-state index in [1.165, 1.54) is 50.6 Å². The van der Waals surface area contributed by atoms with E-state index in [4.69, 9.17) is 0 Å². The fourth-order valence-electron chi connectivity index (χ4n) is 9.52. The zero-order valence-electron chi connectivity index (χ0n) is 39.3. The third-order valence-electron chi connectivity index (χ3n) is 12.9. The summed E-state index contributed by atoms with van der Waals surface area (Å²) >= 11 is 0. The third kappa shape index (κ3) is 9.21. The van der Waals surface area contributed by atoms with Crippen LogP contribution >= 0.6 is 0 Å². The molecule has 0 N–H and O–H groups in total. The molecule has 1 aliphatic heterocycles. The van der Waals surface area contributed by atoms with Crippen molar-refractivity contribution in [1.82, 2.24) is 0 Å². The summed E-state index contributed by atoms with van der Waals surface area (Å²) in [6.45, 7) is 27.6. The topological polar surface area (TPSA) is 63.5 Å². The van der Waals surface area contributed by atoms with Gasteiger partial charge in [0.2, 0.25) is 6.34 Å². The molecule has 7 rings (SSSR count). The van der Waals surface area contributed by atoms with E-state index in [9.17, 15) is 13.0 Å². The average Bonchev–Trinajstić information content (AvgIpc) is 3.66. The molecule has 2 atom stereocenters. The van der Waals surface area contributed by atoms with Crippen LogP contribution in [0.3, 0.4) is 0 Å². The number of para-hydroxylation sites is 1. The number of benzene rings is 6. The van der Waals surface area contributed by atoms with E-state index in [-0.39, 0.29) is 34.6 Å². The molecule has 1 heterocycles. The SMILES string of the molecule is CC(C)c1cc(C(C)C)c(-c2cc(-c3c(C(C)C)cc(C(C)C)cc3C(C)C)cc(N3C=[N+](c4ccccc4S(=O)(=O)[O-])[C@@H](c4ccccc4)[C@@H]3c3ccccc3)c2)c(C(C)C)c1. The Morgan fingerprint density at radius 2 is 0.889 bits per heavy atom. The smallest absolute Gasteiger partial charge is 0.245 e. The zero-order chi connectivity index (χ0) is 45.5. The van der Waals surface area contributed by atoms with E-state index in [0.29, 0.717) is 17.5 Å². The fraction of sp³-hybridized carbons (Fsp3) is 0.351. The second-order valence-corrected chi connectivity index (χ2v) is 20.8. The van der Waals surface area contributed by atoms with E-state index >= 15 is 0 Å². The van der Waals surface area contributed by atoms with E-state index in [1.54, 1.807) is 12.1 Å². The van der Waals surface area contributed by atoms with Gasteiger partial charge in [0, 0.05) is 11.1 Å². The maximum atomic E-state index is 13.0. The Kier molecular flexibility index (Phi) is 13.4. The number of rotatable bonds is 13. The van der Waals surface area contributed by atoms with Gasteiger partial charge in [0.25, 0.3) is 0 Å². The molecule has 0 saturated carbocycles. The van der Waals surface area contributed by atoms with Crippen LogP contribution in [0.2, 0.25) is 0 Å². The molecule has 0 unspecified atom stereocenters. The highest BCUT2D eigenvalue weighted by Crippen LogP contribution is 2.50. The van der Waals surface area contributed by atoms with Crippen LogP contribution in [-0.2, 0) is 10.1 Å². The minimum atomic E-state index is -4.83. The van der Waals surface area contributed by atoms with Gasteiger partial charge in [-0.2, -0.15) is 0 Å². The molecule has 0 aromatic heterocycles. The molecule has 0 radical (unpaired) electrons. The molecule has 5 nitrogen and oxygen atoms in total. The third-order valence-corrected chi connectivity index (χ3v) is 13.8. The number of anilines is 1. The Balaban J connectivity index is 1.65. The molecule has 0 amide bonds. The number of hydrogen-bond donors (Lipinski definition) is 0. The monoisotopic (exact) mass is 858 g/mol. The molecule has 0 bridgehead atoms. The lowest BCUT2D eigenvalue weighted by molar-refractivity contribution is -0.483. The molecule has 6 aromatic rings. The van der Waals surface area contributed by atoms with Crippen LogP contribution in [-0.4, -0.2) is 23.9 Å². The molecule has 0 saturated heterocycles. The van der Waals surface area contributed by atoms with E-state index < -0.39 is 16.2 Å². The van der Waals surface area contributed by atoms with E-state index in [2.05, 4.69) is 167 Å². The first kappa shape index (κ1) is 45.7.